The van der Waals surface area contributed by atoms with Crippen molar-refractivity contribution < 1.29 is 13.2 Å². The lowest BCUT2D eigenvalue weighted by molar-refractivity contribution is -0.120. The second-order valence-electron chi connectivity index (χ2n) is 8.78. The summed E-state index contributed by atoms with van der Waals surface area (Å²) in [6.07, 6.45) is 3.93. The number of likely N-dealkylation sites (N-methyl/N-ethyl adjacent to an activating group) is 1. The summed E-state index contributed by atoms with van der Waals surface area (Å²) in [6, 6.07) is 9.37. The Hall–Kier alpha value is -2.49. The zero-order valence-electron chi connectivity index (χ0n) is 19.4. The Morgan fingerprint density at radius 3 is 2.42 bits per heavy atom. The summed E-state index contributed by atoms with van der Waals surface area (Å²) >= 11 is 0. The van der Waals surface area contributed by atoms with Gasteiger partial charge in [0.2, 0.25) is 15.9 Å². The van der Waals surface area contributed by atoms with Crippen LogP contribution in [-0.4, -0.2) is 74.3 Å². The molecule has 0 unspecified atom stereocenters. The van der Waals surface area contributed by atoms with Crippen LogP contribution in [0.25, 0.3) is 0 Å². The lowest BCUT2D eigenvalue weighted by Crippen LogP contribution is -2.46. The molecule has 0 saturated carbocycles. The smallest absolute Gasteiger partial charge is 0.244 e. The van der Waals surface area contributed by atoms with Crippen LogP contribution in [-0.2, 0) is 14.8 Å². The standard InChI is InChI=1S/C24H33N5O3S/c1-3-27-13-15-28(16-14-27)21-6-7-23(19(2)17-21)26-24(30)20-8-11-29(12-9-20)33(31,32)22-5-4-10-25-18-22/h4-7,10,17-18,20H,3,8-9,11-16H2,1-2H3,(H,26,30). The summed E-state index contributed by atoms with van der Waals surface area (Å²) in [5, 5.41) is 3.07. The molecule has 2 aromatic rings. The minimum atomic E-state index is -3.57. The number of pyridine rings is 1. The normalized spacial score (nSPS) is 18.9. The molecule has 9 heteroatoms. The number of carbonyl (C=O) groups is 1. The van der Waals surface area contributed by atoms with Gasteiger partial charge in [0, 0.05) is 69.0 Å². The van der Waals surface area contributed by atoms with Gasteiger partial charge < -0.3 is 15.1 Å². The van der Waals surface area contributed by atoms with Crippen molar-refractivity contribution in [2.24, 2.45) is 5.92 Å². The number of nitrogens with zero attached hydrogens (tertiary/aromatic N) is 4. The quantitative estimate of drug-likeness (QED) is 0.697. The second-order valence-corrected chi connectivity index (χ2v) is 10.7. The Morgan fingerprint density at radius 1 is 1.09 bits per heavy atom. The Labute approximate surface area is 196 Å². The number of piperidine rings is 1. The minimum absolute atomic E-state index is 0.0409. The Morgan fingerprint density at radius 2 is 1.82 bits per heavy atom. The maximum atomic E-state index is 12.9. The zero-order valence-corrected chi connectivity index (χ0v) is 20.2. The summed E-state index contributed by atoms with van der Waals surface area (Å²) in [6.45, 7) is 10.1. The van der Waals surface area contributed by atoms with E-state index in [4.69, 9.17) is 0 Å². The van der Waals surface area contributed by atoms with E-state index in [0.717, 1.165) is 44.0 Å². The molecule has 33 heavy (non-hydrogen) atoms. The number of amides is 1. The van der Waals surface area contributed by atoms with Gasteiger partial charge in [0.25, 0.3) is 0 Å². The Bertz CT molecular complexity index is 1060. The molecule has 1 aromatic carbocycles. The van der Waals surface area contributed by atoms with E-state index in [1.54, 1.807) is 18.3 Å². The van der Waals surface area contributed by atoms with Crippen LogP contribution < -0.4 is 10.2 Å². The van der Waals surface area contributed by atoms with E-state index in [0.29, 0.717) is 25.9 Å². The highest BCUT2D eigenvalue weighted by molar-refractivity contribution is 7.89. The van der Waals surface area contributed by atoms with Crippen molar-refractivity contribution in [2.45, 2.75) is 31.6 Å². The highest BCUT2D eigenvalue weighted by atomic mass is 32.2. The third kappa shape index (κ3) is 5.37. The fraction of sp³-hybridized carbons (Fsp3) is 0.500. The van der Waals surface area contributed by atoms with Gasteiger partial charge in [-0.2, -0.15) is 4.31 Å². The topological polar surface area (TPSA) is 85.9 Å². The maximum absolute atomic E-state index is 12.9. The number of piperazine rings is 1. The molecule has 0 aliphatic carbocycles. The van der Waals surface area contributed by atoms with Crippen LogP contribution >= 0.6 is 0 Å². The first-order valence-corrected chi connectivity index (χ1v) is 13.1. The molecule has 178 valence electrons. The summed E-state index contributed by atoms with van der Waals surface area (Å²) in [5.74, 6) is -0.243. The zero-order chi connectivity index (χ0) is 23.4. The summed E-state index contributed by atoms with van der Waals surface area (Å²) in [7, 11) is -3.57. The first kappa shape index (κ1) is 23.7. The molecule has 2 aliphatic heterocycles. The summed E-state index contributed by atoms with van der Waals surface area (Å²) in [5.41, 5.74) is 3.05. The van der Waals surface area contributed by atoms with Crippen LogP contribution in [0.4, 0.5) is 11.4 Å². The molecule has 8 nitrogen and oxygen atoms in total. The first-order valence-electron chi connectivity index (χ1n) is 11.7. The van der Waals surface area contributed by atoms with E-state index in [1.807, 2.05) is 13.0 Å². The van der Waals surface area contributed by atoms with Crippen LogP contribution in [0.3, 0.4) is 0 Å². The molecule has 2 fully saturated rings. The predicted molar refractivity (Wildman–Crippen MR) is 130 cm³/mol. The number of aromatic nitrogens is 1. The Balaban J connectivity index is 1.33. The van der Waals surface area contributed by atoms with Gasteiger partial charge in [-0.25, -0.2) is 8.42 Å². The number of aryl methyl sites for hydroxylation is 1. The number of carbonyl (C=O) groups excluding carboxylic acids is 1. The molecule has 1 aromatic heterocycles. The van der Waals surface area contributed by atoms with Crippen molar-refractivity contribution in [1.29, 1.82) is 0 Å². The molecule has 0 bridgehead atoms. The third-order valence-corrected chi connectivity index (χ3v) is 8.63. The first-order chi connectivity index (χ1) is 15.9. The lowest BCUT2D eigenvalue weighted by Gasteiger charge is -2.35. The van der Waals surface area contributed by atoms with Crippen molar-refractivity contribution in [3.8, 4) is 0 Å². The average Bonchev–Trinajstić information content (AvgIpc) is 2.86. The SMILES string of the molecule is CCN1CCN(c2ccc(NC(=O)C3CCN(S(=O)(=O)c4cccnc4)CC3)c(C)c2)CC1. The highest BCUT2D eigenvalue weighted by Crippen LogP contribution is 2.27. The van der Waals surface area contributed by atoms with E-state index in [1.165, 1.54) is 16.2 Å². The molecular formula is C24H33N5O3S. The maximum Gasteiger partial charge on any atom is 0.244 e. The van der Waals surface area contributed by atoms with Crippen LogP contribution in [0.2, 0.25) is 0 Å². The molecule has 2 aliphatic rings. The summed E-state index contributed by atoms with van der Waals surface area (Å²) in [4.78, 5) is 21.8. The lowest BCUT2D eigenvalue weighted by atomic mass is 9.97. The van der Waals surface area contributed by atoms with Gasteiger partial charge in [0.15, 0.2) is 0 Å². The van der Waals surface area contributed by atoms with Gasteiger partial charge in [-0.05, 0) is 62.2 Å². The Kier molecular flexibility index (Phi) is 7.31. The molecular weight excluding hydrogens is 438 g/mol. The molecule has 1 N–H and O–H groups in total. The molecule has 1 amide bonds. The second kappa shape index (κ2) is 10.2. The number of benzene rings is 1. The highest BCUT2D eigenvalue weighted by Gasteiger charge is 2.32. The molecule has 4 rings (SSSR count). The number of rotatable bonds is 6. The van der Waals surface area contributed by atoms with Crippen LogP contribution in [0.5, 0.6) is 0 Å². The predicted octanol–water partition coefficient (Wildman–Crippen LogP) is 2.57. The van der Waals surface area contributed by atoms with Gasteiger partial charge in [0.1, 0.15) is 4.90 Å². The van der Waals surface area contributed by atoms with Crippen LogP contribution in [0.15, 0.2) is 47.6 Å². The number of anilines is 2. The fourth-order valence-corrected chi connectivity index (χ4v) is 5.98. The van der Waals surface area contributed by atoms with Gasteiger partial charge in [0.05, 0.1) is 0 Å². The van der Waals surface area contributed by atoms with E-state index in [-0.39, 0.29) is 16.7 Å². The van der Waals surface area contributed by atoms with Crippen molar-refractivity contribution in [1.82, 2.24) is 14.2 Å². The van der Waals surface area contributed by atoms with Crippen molar-refractivity contribution in [3.05, 3.63) is 48.3 Å². The van der Waals surface area contributed by atoms with E-state index in [2.05, 4.69) is 39.2 Å². The molecule has 3 heterocycles. The summed E-state index contributed by atoms with van der Waals surface area (Å²) < 4.78 is 27.0. The number of hydrogen-bond acceptors (Lipinski definition) is 6. The monoisotopic (exact) mass is 471 g/mol. The van der Waals surface area contributed by atoms with Crippen LogP contribution in [0.1, 0.15) is 25.3 Å². The van der Waals surface area contributed by atoms with Gasteiger partial charge in [-0.3, -0.25) is 9.78 Å². The van der Waals surface area contributed by atoms with E-state index in [9.17, 15) is 13.2 Å². The number of sulfonamides is 1. The van der Waals surface area contributed by atoms with Gasteiger partial charge in [-0.1, -0.05) is 6.92 Å². The largest absolute Gasteiger partial charge is 0.369 e. The molecule has 2 saturated heterocycles. The van der Waals surface area contributed by atoms with Crippen molar-refractivity contribution >= 4 is 27.3 Å². The molecule has 0 atom stereocenters. The number of nitrogens with one attached hydrogen (secondary N) is 1. The minimum Gasteiger partial charge on any atom is -0.369 e. The van der Waals surface area contributed by atoms with E-state index < -0.39 is 10.0 Å². The third-order valence-electron chi connectivity index (χ3n) is 6.75. The average molecular weight is 472 g/mol. The van der Waals surface area contributed by atoms with Gasteiger partial charge >= 0.3 is 0 Å². The van der Waals surface area contributed by atoms with Crippen molar-refractivity contribution in [3.63, 3.8) is 0 Å². The fourth-order valence-electron chi connectivity index (χ4n) is 4.55. The molecule has 0 spiro atoms. The van der Waals surface area contributed by atoms with Crippen molar-refractivity contribution in [2.75, 3.05) is 56.0 Å². The van der Waals surface area contributed by atoms with Gasteiger partial charge in [-0.15, -0.1) is 0 Å². The van der Waals surface area contributed by atoms with E-state index >= 15 is 0 Å². The molecule has 0 radical (unpaired) electrons. The number of hydrogen-bond donors (Lipinski definition) is 1. The van der Waals surface area contributed by atoms with Crippen LogP contribution in [0, 0.1) is 12.8 Å².